The summed E-state index contributed by atoms with van der Waals surface area (Å²) in [5.41, 5.74) is 0.842. The Balaban J connectivity index is 0.00000220. The number of carbonyl (C=O) groups is 1. The topological polar surface area (TPSA) is 41.1 Å². The van der Waals surface area contributed by atoms with Gasteiger partial charge >= 0.3 is 0 Å². The van der Waals surface area contributed by atoms with Crippen LogP contribution in [0.2, 0.25) is 0 Å². The average Bonchev–Trinajstić information content (AvgIpc) is 2.42. The van der Waals surface area contributed by atoms with Crippen LogP contribution in [0, 0.1) is 0 Å². The highest BCUT2D eigenvalue weighted by molar-refractivity contribution is 9.10. The summed E-state index contributed by atoms with van der Waals surface area (Å²) in [4.78, 5) is 12.4. The molecule has 0 spiro atoms. The van der Waals surface area contributed by atoms with Crippen molar-refractivity contribution in [1.29, 1.82) is 0 Å². The summed E-state index contributed by atoms with van der Waals surface area (Å²) in [7, 11) is 0. The van der Waals surface area contributed by atoms with Gasteiger partial charge in [-0.25, -0.2) is 0 Å². The molecule has 2 N–H and O–H groups in total. The van der Waals surface area contributed by atoms with Crippen molar-refractivity contribution in [2.24, 2.45) is 0 Å². The van der Waals surface area contributed by atoms with Gasteiger partial charge in [-0.2, -0.15) is 0 Å². The van der Waals surface area contributed by atoms with Gasteiger partial charge in [0.25, 0.3) is 0 Å². The molecule has 1 amide bonds. The van der Waals surface area contributed by atoms with E-state index >= 15 is 0 Å². The molecular weight excluding hydrogens is 352 g/mol. The average molecular weight is 376 g/mol. The molecule has 0 aliphatic carbocycles. The Morgan fingerprint density at radius 3 is 2.62 bits per heavy atom. The number of halogens is 2. The molecule has 5 heteroatoms. The smallest absolute Gasteiger partial charge is 0.240 e. The van der Waals surface area contributed by atoms with E-state index in [4.69, 9.17) is 0 Å². The number of hydrogen-bond donors (Lipinski definition) is 2. The van der Waals surface area contributed by atoms with Crippen LogP contribution in [0.25, 0.3) is 0 Å². The van der Waals surface area contributed by atoms with E-state index in [1.54, 1.807) is 0 Å². The fraction of sp³-hybridized carbons (Fsp3) is 0.562. The summed E-state index contributed by atoms with van der Waals surface area (Å²) in [6.07, 6.45) is 4.06. The standard InChI is InChI=1S/C16H23BrN2O.ClH/c1-12(11-13-5-7-14(17)8-6-13)19-15(20)16(2)9-3-4-10-18-16;/h5-8,12,18H,3-4,9-11H2,1-2H3,(H,19,20);1H. The molecule has 118 valence electrons. The molecule has 21 heavy (non-hydrogen) atoms. The summed E-state index contributed by atoms with van der Waals surface area (Å²) < 4.78 is 1.08. The first-order chi connectivity index (χ1) is 9.49. The molecule has 3 nitrogen and oxygen atoms in total. The van der Waals surface area contributed by atoms with Crippen LogP contribution in [-0.2, 0) is 11.2 Å². The van der Waals surface area contributed by atoms with Crippen LogP contribution in [0.15, 0.2) is 28.7 Å². The normalized spacial score (nSPS) is 23.0. The second-order valence-corrected chi connectivity index (χ2v) is 6.84. The van der Waals surface area contributed by atoms with E-state index in [2.05, 4.69) is 45.6 Å². The third-order valence-corrected chi connectivity index (χ3v) is 4.48. The fourth-order valence-electron chi connectivity index (χ4n) is 2.66. The van der Waals surface area contributed by atoms with E-state index in [1.807, 2.05) is 19.1 Å². The number of rotatable bonds is 4. The van der Waals surface area contributed by atoms with Gasteiger partial charge in [-0.1, -0.05) is 28.1 Å². The van der Waals surface area contributed by atoms with E-state index in [1.165, 1.54) is 5.56 Å². The zero-order valence-electron chi connectivity index (χ0n) is 12.6. The summed E-state index contributed by atoms with van der Waals surface area (Å²) in [5, 5.41) is 6.49. The Kier molecular flexibility index (Phi) is 7.17. The van der Waals surface area contributed by atoms with Gasteiger partial charge in [0.15, 0.2) is 0 Å². The van der Waals surface area contributed by atoms with Crippen LogP contribution in [0.4, 0.5) is 0 Å². The third-order valence-electron chi connectivity index (χ3n) is 3.95. The highest BCUT2D eigenvalue weighted by atomic mass is 79.9. The number of amides is 1. The van der Waals surface area contributed by atoms with Gasteiger partial charge in [0.2, 0.25) is 5.91 Å². The SMILES string of the molecule is CC(Cc1ccc(Br)cc1)NC(=O)C1(C)CCCCN1.Cl. The van der Waals surface area contributed by atoms with Gasteiger partial charge in [-0.15, -0.1) is 12.4 Å². The van der Waals surface area contributed by atoms with Crippen LogP contribution in [0.1, 0.15) is 38.7 Å². The van der Waals surface area contributed by atoms with Gasteiger partial charge in [-0.3, -0.25) is 4.79 Å². The first kappa shape index (κ1) is 18.5. The number of piperidine rings is 1. The highest BCUT2D eigenvalue weighted by Crippen LogP contribution is 2.19. The second-order valence-electron chi connectivity index (χ2n) is 5.92. The predicted octanol–water partition coefficient (Wildman–Crippen LogP) is 3.45. The van der Waals surface area contributed by atoms with Crippen molar-refractivity contribution in [3.63, 3.8) is 0 Å². The van der Waals surface area contributed by atoms with Crippen LogP contribution in [0.5, 0.6) is 0 Å². The molecule has 0 saturated carbocycles. The summed E-state index contributed by atoms with van der Waals surface area (Å²) >= 11 is 3.43. The molecule has 1 aromatic carbocycles. The molecular formula is C16H24BrClN2O. The number of hydrogen-bond acceptors (Lipinski definition) is 2. The minimum Gasteiger partial charge on any atom is -0.352 e. The molecule has 1 saturated heterocycles. The van der Waals surface area contributed by atoms with E-state index in [0.717, 1.165) is 36.7 Å². The third kappa shape index (κ3) is 5.28. The monoisotopic (exact) mass is 374 g/mol. The van der Waals surface area contributed by atoms with Crippen molar-refractivity contribution in [1.82, 2.24) is 10.6 Å². The predicted molar refractivity (Wildman–Crippen MR) is 93.0 cm³/mol. The summed E-state index contributed by atoms with van der Waals surface area (Å²) in [6.45, 7) is 5.00. The Morgan fingerprint density at radius 1 is 1.38 bits per heavy atom. The molecule has 0 bridgehead atoms. The maximum absolute atomic E-state index is 12.4. The van der Waals surface area contributed by atoms with Crippen molar-refractivity contribution in [3.8, 4) is 0 Å². The summed E-state index contributed by atoms with van der Waals surface area (Å²) in [5.74, 6) is 0.127. The maximum atomic E-state index is 12.4. The van der Waals surface area contributed by atoms with Crippen molar-refractivity contribution in [2.75, 3.05) is 6.54 Å². The molecule has 1 aromatic rings. The van der Waals surface area contributed by atoms with Gasteiger partial charge in [0, 0.05) is 10.5 Å². The quantitative estimate of drug-likeness (QED) is 0.846. The maximum Gasteiger partial charge on any atom is 0.240 e. The molecule has 0 aromatic heterocycles. The van der Waals surface area contributed by atoms with E-state index in [-0.39, 0.29) is 24.4 Å². The largest absolute Gasteiger partial charge is 0.352 e. The zero-order valence-corrected chi connectivity index (χ0v) is 15.0. The zero-order chi connectivity index (χ0) is 14.6. The number of benzene rings is 1. The molecule has 1 fully saturated rings. The molecule has 0 radical (unpaired) electrons. The Labute approximate surface area is 141 Å². The lowest BCUT2D eigenvalue weighted by Crippen LogP contribution is -2.58. The fourth-order valence-corrected chi connectivity index (χ4v) is 2.92. The Morgan fingerprint density at radius 2 is 2.05 bits per heavy atom. The van der Waals surface area contributed by atoms with Crippen molar-refractivity contribution in [2.45, 2.75) is 51.1 Å². The van der Waals surface area contributed by atoms with Gasteiger partial charge in [-0.05, 0) is 63.8 Å². The van der Waals surface area contributed by atoms with Crippen LogP contribution in [-0.4, -0.2) is 24.0 Å². The van der Waals surface area contributed by atoms with Crippen molar-refractivity contribution < 1.29 is 4.79 Å². The second kappa shape index (κ2) is 8.16. The number of nitrogens with one attached hydrogen (secondary N) is 2. The highest BCUT2D eigenvalue weighted by Gasteiger charge is 2.34. The molecule has 2 atom stereocenters. The minimum absolute atomic E-state index is 0. The van der Waals surface area contributed by atoms with Gasteiger partial charge < -0.3 is 10.6 Å². The first-order valence-electron chi connectivity index (χ1n) is 7.30. The molecule has 1 aliphatic heterocycles. The van der Waals surface area contributed by atoms with Crippen molar-refractivity contribution in [3.05, 3.63) is 34.3 Å². The summed E-state index contributed by atoms with van der Waals surface area (Å²) in [6, 6.07) is 8.40. The minimum atomic E-state index is -0.397. The lowest BCUT2D eigenvalue weighted by atomic mass is 9.89. The molecule has 1 heterocycles. The van der Waals surface area contributed by atoms with Gasteiger partial charge in [0.05, 0.1) is 5.54 Å². The molecule has 2 rings (SSSR count). The van der Waals surface area contributed by atoms with Crippen LogP contribution >= 0.6 is 28.3 Å². The lowest BCUT2D eigenvalue weighted by molar-refractivity contribution is -0.128. The van der Waals surface area contributed by atoms with Crippen molar-refractivity contribution >= 4 is 34.2 Å². The number of carbonyl (C=O) groups excluding carboxylic acids is 1. The molecule has 1 aliphatic rings. The van der Waals surface area contributed by atoms with E-state index in [0.29, 0.717) is 0 Å². The van der Waals surface area contributed by atoms with E-state index in [9.17, 15) is 4.79 Å². The Hall–Kier alpha value is -0.580. The lowest BCUT2D eigenvalue weighted by Gasteiger charge is -2.34. The van der Waals surface area contributed by atoms with Crippen LogP contribution < -0.4 is 10.6 Å². The van der Waals surface area contributed by atoms with Crippen LogP contribution in [0.3, 0.4) is 0 Å². The molecule has 2 unspecified atom stereocenters. The van der Waals surface area contributed by atoms with E-state index < -0.39 is 5.54 Å². The van der Waals surface area contributed by atoms with Gasteiger partial charge in [0.1, 0.15) is 0 Å². The first-order valence-corrected chi connectivity index (χ1v) is 8.09. The Bertz CT molecular complexity index is 458.